The number of rotatable bonds is 6. The van der Waals surface area contributed by atoms with Crippen molar-refractivity contribution in [2.24, 2.45) is 0 Å². The molecule has 0 saturated heterocycles. The van der Waals surface area contributed by atoms with Crippen molar-refractivity contribution in [1.29, 1.82) is 0 Å². The lowest BCUT2D eigenvalue weighted by Gasteiger charge is -2.18. The van der Waals surface area contributed by atoms with E-state index in [1.165, 1.54) is 0 Å². The Balaban J connectivity index is 1.57. The molecule has 0 bridgehead atoms. The van der Waals surface area contributed by atoms with Crippen LogP contribution in [0.15, 0.2) is 72.3 Å². The molecule has 0 saturated carbocycles. The summed E-state index contributed by atoms with van der Waals surface area (Å²) in [6, 6.07) is 18.2. The van der Waals surface area contributed by atoms with Crippen LogP contribution in [0.4, 0.5) is 0 Å². The van der Waals surface area contributed by atoms with Gasteiger partial charge in [0.05, 0.1) is 18.8 Å². The number of aliphatic hydroxyl groups excluding tert-OH is 2. The second kappa shape index (κ2) is 8.07. The first-order valence-electron chi connectivity index (χ1n) is 8.09. The molecule has 3 rings (SSSR count). The number of esters is 1. The average molecular weight is 340 g/mol. The fourth-order valence-corrected chi connectivity index (χ4v) is 2.67. The summed E-state index contributed by atoms with van der Waals surface area (Å²) in [6.45, 7) is 0.558. The minimum Gasteiger partial charge on any atom is -0.452 e. The number of ether oxygens (including phenoxy) is 2. The maximum Gasteiger partial charge on any atom is 0.338 e. The highest BCUT2D eigenvalue weighted by Gasteiger charge is 2.37. The number of benzene rings is 2. The second-order valence-corrected chi connectivity index (χ2v) is 5.89. The summed E-state index contributed by atoms with van der Waals surface area (Å²) in [5.74, 6) is -0.542. The summed E-state index contributed by atoms with van der Waals surface area (Å²) in [7, 11) is 0. The minimum absolute atomic E-state index is 0.159. The van der Waals surface area contributed by atoms with Gasteiger partial charge in [-0.2, -0.15) is 0 Å². The van der Waals surface area contributed by atoms with Crippen LogP contribution < -0.4 is 0 Å². The number of hydrogen-bond donors (Lipinski definition) is 2. The first-order chi connectivity index (χ1) is 12.1. The molecule has 2 aromatic carbocycles. The standard InChI is InChI=1S/C20H20O5/c21-18-16(13-24-12-14-7-3-1-4-8-14)11-17(19(18)22)25-20(23)15-9-5-2-6-10-15/h1-11,17-19,21-22H,12-13H2/t17-,18+,19-/m1/s1. The first kappa shape index (κ1) is 17.4. The van der Waals surface area contributed by atoms with Gasteiger partial charge in [-0.1, -0.05) is 48.5 Å². The minimum atomic E-state index is -1.19. The highest BCUT2D eigenvalue weighted by atomic mass is 16.6. The van der Waals surface area contributed by atoms with Gasteiger partial charge in [-0.25, -0.2) is 4.79 Å². The highest BCUT2D eigenvalue weighted by molar-refractivity contribution is 5.89. The molecule has 1 aliphatic rings. The van der Waals surface area contributed by atoms with Crippen LogP contribution in [0.2, 0.25) is 0 Å². The van der Waals surface area contributed by atoms with Gasteiger partial charge in [0.25, 0.3) is 0 Å². The third-order valence-electron chi connectivity index (χ3n) is 4.05. The maximum absolute atomic E-state index is 12.1. The van der Waals surface area contributed by atoms with Crippen molar-refractivity contribution in [1.82, 2.24) is 0 Å². The van der Waals surface area contributed by atoms with Crippen LogP contribution in [0.1, 0.15) is 15.9 Å². The Bertz CT molecular complexity index is 726. The summed E-state index contributed by atoms with van der Waals surface area (Å²) < 4.78 is 10.9. The largest absolute Gasteiger partial charge is 0.452 e. The Morgan fingerprint density at radius 2 is 1.56 bits per heavy atom. The van der Waals surface area contributed by atoms with E-state index in [1.54, 1.807) is 36.4 Å². The molecule has 5 nitrogen and oxygen atoms in total. The molecule has 0 heterocycles. The van der Waals surface area contributed by atoms with Crippen molar-refractivity contribution < 1.29 is 24.5 Å². The zero-order valence-corrected chi connectivity index (χ0v) is 13.6. The molecule has 2 aromatic rings. The fraction of sp³-hybridized carbons (Fsp3) is 0.250. The smallest absolute Gasteiger partial charge is 0.338 e. The molecule has 1 aliphatic carbocycles. The first-order valence-corrected chi connectivity index (χ1v) is 8.09. The van der Waals surface area contributed by atoms with Crippen molar-refractivity contribution in [3.8, 4) is 0 Å². The second-order valence-electron chi connectivity index (χ2n) is 5.89. The van der Waals surface area contributed by atoms with Crippen molar-refractivity contribution >= 4 is 5.97 Å². The van der Waals surface area contributed by atoms with E-state index in [4.69, 9.17) is 9.47 Å². The zero-order valence-electron chi connectivity index (χ0n) is 13.6. The normalized spacial score (nSPS) is 22.5. The summed E-state index contributed by atoms with van der Waals surface area (Å²) in [5.41, 5.74) is 1.92. The van der Waals surface area contributed by atoms with Crippen molar-refractivity contribution in [3.63, 3.8) is 0 Å². The summed E-state index contributed by atoms with van der Waals surface area (Å²) in [4.78, 5) is 12.1. The predicted molar refractivity (Wildman–Crippen MR) is 91.8 cm³/mol. The average Bonchev–Trinajstić information content (AvgIpc) is 2.91. The molecule has 0 amide bonds. The molecule has 0 radical (unpaired) electrons. The number of carbonyl (C=O) groups is 1. The van der Waals surface area contributed by atoms with Crippen molar-refractivity contribution in [3.05, 3.63) is 83.4 Å². The molecule has 3 atom stereocenters. The van der Waals surface area contributed by atoms with Gasteiger partial charge in [0.2, 0.25) is 0 Å². The van der Waals surface area contributed by atoms with Gasteiger partial charge >= 0.3 is 5.97 Å². The van der Waals surface area contributed by atoms with Gasteiger partial charge < -0.3 is 19.7 Å². The Hall–Kier alpha value is -2.47. The lowest BCUT2D eigenvalue weighted by atomic mass is 10.1. The molecule has 0 aliphatic heterocycles. The number of hydrogen-bond acceptors (Lipinski definition) is 5. The van der Waals surface area contributed by atoms with Gasteiger partial charge in [0.1, 0.15) is 18.3 Å². The van der Waals surface area contributed by atoms with Crippen LogP contribution in [0.3, 0.4) is 0 Å². The molecule has 0 fully saturated rings. The third kappa shape index (κ3) is 4.33. The van der Waals surface area contributed by atoms with Crippen LogP contribution in [0.5, 0.6) is 0 Å². The predicted octanol–water partition coefficient (Wildman–Crippen LogP) is 2.09. The van der Waals surface area contributed by atoms with E-state index in [0.29, 0.717) is 17.7 Å². The van der Waals surface area contributed by atoms with E-state index in [9.17, 15) is 15.0 Å². The zero-order chi connectivity index (χ0) is 17.6. The Morgan fingerprint density at radius 3 is 2.24 bits per heavy atom. The molecular formula is C20H20O5. The molecule has 2 N–H and O–H groups in total. The molecular weight excluding hydrogens is 320 g/mol. The molecule has 5 heteroatoms. The van der Waals surface area contributed by atoms with E-state index in [2.05, 4.69) is 0 Å². The van der Waals surface area contributed by atoms with Crippen LogP contribution in [0, 0.1) is 0 Å². The molecule has 0 aromatic heterocycles. The van der Waals surface area contributed by atoms with E-state index in [-0.39, 0.29) is 6.61 Å². The van der Waals surface area contributed by atoms with Crippen molar-refractivity contribution in [2.45, 2.75) is 24.9 Å². The summed E-state index contributed by atoms with van der Waals surface area (Å²) >= 11 is 0. The van der Waals surface area contributed by atoms with Gasteiger partial charge in [0, 0.05) is 0 Å². The van der Waals surface area contributed by atoms with Gasteiger partial charge in [-0.05, 0) is 29.3 Å². The number of aliphatic hydroxyl groups is 2. The quantitative estimate of drug-likeness (QED) is 0.622. The molecule has 0 spiro atoms. The van der Waals surface area contributed by atoms with E-state index in [0.717, 1.165) is 5.56 Å². The van der Waals surface area contributed by atoms with Gasteiger partial charge in [0.15, 0.2) is 0 Å². The summed E-state index contributed by atoms with van der Waals surface area (Å²) in [6.07, 6.45) is -1.63. The Kier molecular flexibility index (Phi) is 5.60. The SMILES string of the molecule is O=C(O[C@@H]1C=C(COCc2ccccc2)[C@H](O)[C@@H]1O)c1ccccc1. The fourth-order valence-electron chi connectivity index (χ4n) is 2.67. The van der Waals surface area contributed by atoms with Crippen LogP contribution >= 0.6 is 0 Å². The molecule has 130 valence electrons. The lowest BCUT2D eigenvalue weighted by molar-refractivity contribution is -0.0319. The molecule has 25 heavy (non-hydrogen) atoms. The maximum atomic E-state index is 12.1. The van der Waals surface area contributed by atoms with Crippen LogP contribution in [-0.4, -0.2) is 41.1 Å². The third-order valence-corrected chi connectivity index (χ3v) is 4.05. The Morgan fingerprint density at radius 1 is 0.920 bits per heavy atom. The van der Waals surface area contributed by atoms with Crippen LogP contribution in [0.25, 0.3) is 0 Å². The molecule has 0 unspecified atom stereocenters. The van der Waals surface area contributed by atoms with E-state index >= 15 is 0 Å². The van der Waals surface area contributed by atoms with Gasteiger partial charge in [-0.15, -0.1) is 0 Å². The lowest BCUT2D eigenvalue weighted by Crippen LogP contribution is -2.34. The van der Waals surface area contributed by atoms with Gasteiger partial charge in [-0.3, -0.25) is 0 Å². The monoisotopic (exact) mass is 340 g/mol. The van der Waals surface area contributed by atoms with E-state index in [1.807, 2.05) is 30.3 Å². The highest BCUT2D eigenvalue weighted by Crippen LogP contribution is 2.24. The van der Waals surface area contributed by atoms with Crippen LogP contribution in [-0.2, 0) is 16.1 Å². The summed E-state index contributed by atoms with van der Waals surface area (Å²) in [5, 5.41) is 20.2. The van der Waals surface area contributed by atoms with Crippen molar-refractivity contribution in [2.75, 3.05) is 6.61 Å². The van der Waals surface area contributed by atoms with E-state index < -0.39 is 24.3 Å². The topological polar surface area (TPSA) is 76.0 Å². The number of carbonyl (C=O) groups excluding carboxylic acids is 1. The Labute approximate surface area is 146 Å².